The van der Waals surface area contributed by atoms with Gasteiger partial charge in [-0.15, -0.1) is 0 Å². The van der Waals surface area contributed by atoms with E-state index in [1.807, 2.05) is 53.7 Å². The molecule has 6 nitrogen and oxygen atoms in total. The van der Waals surface area contributed by atoms with Gasteiger partial charge in [0.2, 0.25) is 0 Å². The largest absolute Gasteiger partial charge is 0.490 e. The van der Waals surface area contributed by atoms with Crippen LogP contribution in [0.25, 0.3) is 11.1 Å². The van der Waals surface area contributed by atoms with Gasteiger partial charge in [0.15, 0.2) is 6.10 Å². The van der Waals surface area contributed by atoms with E-state index < -0.39 is 17.7 Å². The molecule has 0 amide bonds. The van der Waals surface area contributed by atoms with Crippen LogP contribution in [0, 0.1) is 25.1 Å². The standard InChI is InChI=1S/C39H51FN2O4/c1-24(2)44-37(43)36(46-38(5,6)7)34-26(4)41-25(3)33(35(34)42-20-18-39(8,9)19-21-42)29-13-17-32-28(23-29)12-16-31(45-32)22-27-10-14-30(40)15-11-27/h10-11,13-15,17,23-24,31,36H,12,16,18-22H2,1-9H3/t31-,36?/m1/s1. The molecule has 248 valence electrons. The van der Waals surface area contributed by atoms with Crippen LogP contribution in [0.2, 0.25) is 0 Å². The van der Waals surface area contributed by atoms with Gasteiger partial charge < -0.3 is 19.1 Å². The third-order valence-electron chi connectivity index (χ3n) is 9.07. The number of aromatic nitrogens is 1. The zero-order chi connectivity index (χ0) is 33.4. The van der Waals surface area contributed by atoms with E-state index >= 15 is 0 Å². The van der Waals surface area contributed by atoms with Gasteiger partial charge in [0.05, 0.1) is 17.4 Å². The molecule has 0 aliphatic carbocycles. The van der Waals surface area contributed by atoms with Gasteiger partial charge in [0.1, 0.15) is 17.7 Å². The van der Waals surface area contributed by atoms with Crippen LogP contribution in [-0.2, 0) is 27.1 Å². The third-order valence-corrected chi connectivity index (χ3v) is 9.07. The summed E-state index contributed by atoms with van der Waals surface area (Å²) in [5.74, 6) is 0.265. The SMILES string of the molecule is Cc1nc(C)c(C(OC(C)(C)C)C(=O)OC(C)C)c(N2CCC(C)(C)CC2)c1-c1ccc2c(c1)CC[C@H](Cc1ccc(F)cc1)O2. The molecule has 3 aromatic rings. The fourth-order valence-electron chi connectivity index (χ4n) is 6.67. The number of pyridine rings is 1. The summed E-state index contributed by atoms with van der Waals surface area (Å²) < 4.78 is 32.2. The molecule has 1 unspecified atom stereocenters. The normalized spacial score (nSPS) is 18.6. The minimum Gasteiger partial charge on any atom is -0.490 e. The number of nitrogens with zero attached hydrogens (tertiary/aromatic N) is 2. The Morgan fingerprint density at radius 3 is 2.37 bits per heavy atom. The molecule has 46 heavy (non-hydrogen) atoms. The Labute approximate surface area is 274 Å². The fraction of sp³-hybridized carbons (Fsp3) is 0.538. The lowest BCUT2D eigenvalue weighted by Gasteiger charge is -2.41. The van der Waals surface area contributed by atoms with Gasteiger partial charge in [-0.05, 0) is 121 Å². The van der Waals surface area contributed by atoms with Crippen molar-refractivity contribution in [3.05, 3.63) is 76.4 Å². The van der Waals surface area contributed by atoms with Crippen LogP contribution >= 0.6 is 0 Å². The lowest BCUT2D eigenvalue weighted by molar-refractivity contribution is -0.171. The molecule has 2 aromatic carbocycles. The number of anilines is 1. The zero-order valence-corrected chi connectivity index (χ0v) is 29.1. The lowest BCUT2D eigenvalue weighted by atomic mass is 9.81. The third kappa shape index (κ3) is 7.91. The van der Waals surface area contributed by atoms with E-state index in [-0.39, 0.29) is 23.4 Å². The molecule has 0 spiro atoms. The number of carbonyl (C=O) groups excluding carboxylic acids is 1. The smallest absolute Gasteiger partial charge is 0.340 e. The average molecular weight is 631 g/mol. The number of aryl methyl sites for hydroxylation is 3. The van der Waals surface area contributed by atoms with Gasteiger partial charge in [0, 0.05) is 42.0 Å². The molecule has 5 rings (SSSR count). The summed E-state index contributed by atoms with van der Waals surface area (Å²) in [6.07, 6.45) is 3.42. The minimum absolute atomic E-state index is 0.0349. The average Bonchev–Trinajstić information content (AvgIpc) is 2.96. The topological polar surface area (TPSA) is 60.9 Å². The number of ether oxygens (including phenoxy) is 3. The molecule has 0 radical (unpaired) electrons. The van der Waals surface area contributed by atoms with Crippen molar-refractivity contribution in [1.82, 2.24) is 4.98 Å². The highest BCUT2D eigenvalue weighted by Crippen LogP contribution is 2.46. The van der Waals surface area contributed by atoms with E-state index in [1.165, 1.54) is 12.1 Å². The van der Waals surface area contributed by atoms with E-state index in [0.29, 0.717) is 0 Å². The molecular formula is C39H51FN2O4. The maximum atomic E-state index is 13.8. The zero-order valence-electron chi connectivity index (χ0n) is 29.1. The summed E-state index contributed by atoms with van der Waals surface area (Å²) in [7, 11) is 0. The molecule has 2 atom stereocenters. The predicted octanol–water partition coefficient (Wildman–Crippen LogP) is 8.88. The van der Waals surface area contributed by atoms with Crippen LogP contribution in [0.15, 0.2) is 42.5 Å². The van der Waals surface area contributed by atoms with Gasteiger partial charge in [-0.2, -0.15) is 0 Å². The Morgan fingerprint density at radius 1 is 1.07 bits per heavy atom. The Kier molecular flexibility index (Phi) is 9.84. The van der Waals surface area contributed by atoms with Crippen LogP contribution in [-0.4, -0.2) is 41.9 Å². The molecule has 2 aliphatic heterocycles. The van der Waals surface area contributed by atoms with Crippen molar-refractivity contribution < 1.29 is 23.4 Å². The molecule has 3 heterocycles. The summed E-state index contributed by atoms with van der Waals surface area (Å²) in [4.78, 5) is 21.3. The second kappa shape index (κ2) is 13.3. The molecule has 1 fully saturated rings. The highest BCUT2D eigenvalue weighted by Gasteiger charge is 2.38. The van der Waals surface area contributed by atoms with Crippen LogP contribution < -0.4 is 9.64 Å². The summed E-state index contributed by atoms with van der Waals surface area (Å²) in [5.41, 5.74) is 7.45. The number of hydrogen-bond donors (Lipinski definition) is 0. The van der Waals surface area contributed by atoms with Crippen LogP contribution in [0.4, 0.5) is 10.1 Å². The summed E-state index contributed by atoms with van der Waals surface area (Å²) in [6, 6.07) is 13.1. The fourth-order valence-corrected chi connectivity index (χ4v) is 6.67. The highest BCUT2D eigenvalue weighted by molar-refractivity contribution is 5.89. The first-order valence-corrected chi connectivity index (χ1v) is 16.8. The van der Waals surface area contributed by atoms with Crippen molar-refractivity contribution in [2.24, 2.45) is 5.41 Å². The molecule has 0 saturated carbocycles. The number of hydrogen-bond acceptors (Lipinski definition) is 6. The predicted molar refractivity (Wildman–Crippen MR) is 182 cm³/mol. The van der Waals surface area contributed by atoms with E-state index in [0.717, 1.165) is 95.8 Å². The lowest BCUT2D eigenvalue weighted by Crippen LogP contribution is -2.39. The van der Waals surface area contributed by atoms with Crippen molar-refractivity contribution in [1.29, 1.82) is 0 Å². The van der Waals surface area contributed by atoms with Gasteiger partial charge in [-0.3, -0.25) is 4.98 Å². The van der Waals surface area contributed by atoms with Crippen molar-refractivity contribution in [3.8, 4) is 16.9 Å². The van der Waals surface area contributed by atoms with Crippen LogP contribution in [0.1, 0.15) is 102 Å². The molecule has 0 N–H and O–H groups in total. The van der Waals surface area contributed by atoms with E-state index in [9.17, 15) is 9.18 Å². The van der Waals surface area contributed by atoms with Crippen molar-refractivity contribution in [3.63, 3.8) is 0 Å². The van der Waals surface area contributed by atoms with Crippen molar-refractivity contribution in [2.75, 3.05) is 18.0 Å². The Bertz CT molecular complexity index is 1550. The first-order valence-electron chi connectivity index (χ1n) is 16.8. The van der Waals surface area contributed by atoms with Crippen molar-refractivity contribution in [2.45, 2.75) is 118 Å². The second-order valence-corrected chi connectivity index (χ2v) is 15.1. The number of fused-ring (bicyclic) bond motifs is 1. The Morgan fingerprint density at radius 2 is 1.74 bits per heavy atom. The monoisotopic (exact) mass is 630 g/mol. The van der Waals surface area contributed by atoms with Gasteiger partial charge >= 0.3 is 5.97 Å². The van der Waals surface area contributed by atoms with E-state index in [2.05, 4.69) is 43.9 Å². The molecular weight excluding hydrogens is 579 g/mol. The molecule has 2 aliphatic rings. The summed E-state index contributed by atoms with van der Waals surface area (Å²) in [6.45, 7) is 20.1. The number of carbonyl (C=O) groups is 1. The summed E-state index contributed by atoms with van der Waals surface area (Å²) in [5, 5.41) is 0. The van der Waals surface area contributed by atoms with Gasteiger partial charge in [-0.25, -0.2) is 9.18 Å². The maximum Gasteiger partial charge on any atom is 0.340 e. The number of piperidine rings is 1. The quantitative estimate of drug-likeness (QED) is 0.232. The molecule has 7 heteroatoms. The first kappa shape index (κ1) is 33.9. The van der Waals surface area contributed by atoms with E-state index in [1.54, 1.807) is 0 Å². The maximum absolute atomic E-state index is 13.8. The number of benzene rings is 2. The van der Waals surface area contributed by atoms with Crippen LogP contribution in [0.5, 0.6) is 5.75 Å². The molecule has 0 bridgehead atoms. The highest BCUT2D eigenvalue weighted by atomic mass is 19.1. The summed E-state index contributed by atoms with van der Waals surface area (Å²) >= 11 is 0. The Balaban J connectivity index is 1.59. The van der Waals surface area contributed by atoms with E-state index in [4.69, 9.17) is 19.2 Å². The van der Waals surface area contributed by atoms with Crippen molar-refractivity contribution >= 4 is 11.7 Å². The number of esters is 1. The molecule has 1 aromatic heterocycles. The first-order chi connectivity index (χ1) is 21.6. The number of halogens is 1. The second-order valence-electron chi connectivity index (χ2n) is 15.1. The number of rotatable bonds is 8. The minimum atomic E-state index is -0.924. The molecule has 1 saturated heterocycles. The van der Waals surface area contributed by atoms with Crippen LogP contribution in [0.3, 0.4) is 0 Å². The van der Waals surface area contributed by atoms with Gasteiger partial charge in [0.25, 0.3) is 0 Å². The van der Waals surface area contributed by atoms with Gasteiger partial charge in [-0.1, -0.05) is 32.0 Å². The Hall–Kier alpha value is -3.45.